The predicted molar refractivity (Wildman–Crippen MR) is 91.0 cm³/mol. The summed E-state index contributed by atoms with van der Waals surface area (Å²) in [6.45, 7) is 13.7. The van der Waals surface area contributed by atoms with Crippen molar-refractivity contribution in [2.24, 2.45) is 0 Å². The first kappa shape index (κ1) is 23.9. The van der Waals surface area contributed by atoms with Crippen molar-refractivity contribution in [2.75, 3.05) is 0 Å². The van der Waals surface area contributed by atoms with E-state index in [0.29, 0.717) is 0 Å². The van der Waals surface area contributed by atoms with Crippen LogP contribution in [0.25, 0.3) is 0 Å². The van der Waals surface area contributed by atoms with E-state index < -0.39 is 19.8 Å². The van der Waals surface area contributed by atoms with Crippen LogP contribution < -0.4 is 0 Å². The first-order valence-corrected chi connectivity index (χ1v) is 13.4. The molecule has 0 aromatic carbocycles. The minimum absolute atomic E-state index is 0. The molecule has 0 N–H and O–H groups in total. The molecule has 0 heterocycles. The van der Waals surface area contributed by atoms with E-state index in [1.807, 2.05) is 0 Å². The smallest absolute Gasteiger partial charge is 0 e. The zero-order chi connectivity index (χ0) is 13.4. The summed E-state index contributed by atoms with van der Waals surface area (Å²) in [6.07, 6.45) is 12.1. The van der Waals surface area contributed by atoms with E-state index >= 15 is 0 Å². The summed E-state index contributed by atoms with van der Waals surface area (Å²) in [7, 11) is 0. The first-order valence-electron chi connectivity index (χ1n) is 7.33. The Morgan fingerprint density at radius 3 is 1.17 bits per heavy atom. The van der Waals surface area contributed by atoms with Gasteiger partial charge in [0.2, 0.25) is 0 Å². The zero-order valence-electron chi connectivity index (χ0n) is 13.4. The van der Waals surface area contributed by atoms with E-state index in [1.165, 1.54) is 38.5 Å². The molecule has 0 bridgehead atoms. The SMILES string of the molecule is C=CC=C.CCC[CH2][Sn]([CH2]CCC)[CH2]CCC.[Li]. The molecule has 18 heavy (non-hydrogen) atoms. The van der Waals surface area contributed by atoms with Gasteiger partial charge >= 0.3 is 92.4 Å². The van der Waals surface area contributed by atoms with E-state index in [0.717, 1.165) is 0 Å². The Morgan fingerprint density at radius 1 is 0.722 bits per heavy atom. The monoisotopic (exact) mass is 352 g/mol. The molecule has 0 nitrogen and oxygen atoms in total. The predicted octanol–water partition coefficient (Wildman–Crippen LogP) is 5.86. The Hall–Kier alpha value is 0.876. The van der Waals surface area contributed by atoms with Gasteiger partial charge in [-0.3, -0.25) is 0 Å². The van der Waals surface area contributed by atoms with Crippen molar-refractivity contribution in [3.8, 4) is 0 Å². The molecule has 0 rings (SSSR count). The van der Waals surface area contributed by atoms with Gasteiger partial charge in [-0.1, -0.05) is 25.3 Å². The average molecular weight is 351 g/mol. The van der Waals surface area contributed by atoms with E-state index in [1.54, 1.807) is 25.5 Å². The molecular weight excluding hydrogens is 318 g/mol. The summed E-state index contributed by atoms with van der Waals surface area (Å²) < 4.78 is 5.04. The van der Waals surface area contributed by atoms with Crippen LogP contribution in [0.4, 0.5) is 0 Å². The molecule has 0 aromatic heterocycles. The van der Waals surface area contributed by atoms with Gasteiger partial charge in [-0.2, -0.15) is 0 Å². The molecule has 0 aliphatic heterocycles. The van der Waals surface area contributed by atoms with Gasteiger partial charge in [0, 0.05) is 18.9 Å². The molecule has 0 fully saturated rings. The summed E-state index contributed by atoms with van der Waals surface area (Å²) in [5.74, 6) is 0. The maximum absolute atomic E-state index is 3.36. The van der Waals surface area contributed by atoms with Gasteiger partial charge in [0.1, 0.15) is 0 Å². The maximum Gasteiger partial charge on any atom is 0 e. The van der Waals surface area contributed by atoms with Crippen LogP contribution in [0.2, 0.25) is 13.3 Å². The second-order valence-corrected chi connectivity index (χ2v) is 13.1. The molecule has 0 aliphatic carbocycles. The largest absolute Gasteiger partial charge is 0 e. The molecule has 0 saturated carbocycles. The van der Waals surface area contributed by atoms with E-state index in [9.17, 15) is 0 Å². The Morgan fingerprint density at radius 2 is 1.00 bits per heavy atom. The van der Waals surface area contributed by atoms with Crippen molar-refractivity contribution in [2.45, 2.75) is 72.6 Å². The van der Waals surface area contributed by atoms with Gasteiger partial charge in [0.15, 0.2) is 0 Å². The Balaban J connectivity index is -0.000000392. The fourth-order valence-corrected chi connectivity index (χ4v) is 11.1. The third-order valence-corrected chi connectivity index (χ3v) is 11.9. The normalized spacial score (nSPS) is 9.11. The molecule has 0 amide bonds. The van der Waals surface area contributed by atoms with E-state index in [-0.39, 0.29) is 18.9 Å². The van der Waals surface area contributed by atoms with Crippen molar-refractivity contribution in [1.82, 2.24) is 0 Å². The standard InChI is InChI=1S/3C4H9.C4H6.Li.Sn/c4*1-3-4-2;;/h3*1,3-4H2,2H3;3-4H,1-2H2;;. The molecule has 0 saturated heterocycles. The second-order valence-electron chi connectivity index (χ2n) is 4.53. The molecule has 0 unspecified atom stereocenters. The summed E-state index contributed by atoms with van der Waals surface area (Å²) in [5.41, 5.74) is 0. The Bertz CT molecular complexity index is 132. The number of unbranched alkanes of at least 4 members (excludes halogenated alkanes) is 3. The molecule has 102 valence electrons. The van der Waals surface area contributed by atoms with Crippen molar-refractivity contribution in [1.29, 1.82) is 0 Å². The van der Waals surface area contributed by atoms with E-state index in [2.05, 4.69) is 33.9 Å². The van der Waals surface area contributed by atoms with Crippen molar-refractivity contribution in [3.05, 3.63) is 25.3 Å². The Labute approximate surface area is 136 Å². The third kappa shape index (κ3) is 22.1. The van der Waals surface area contributed by atoms with Crippen LogP contribution in [0.5, 0.6) is 0 Å². The fourth-order valence-electron chi connectivity index (χ4n) is 1.66. The topological polar surface area (TPSA) is 0 Å². The summed E-state index contributed by atoms with van der Waals surface area (Å²) >= 11 is -0.839. The van der Waals surface area contributed by atoms with Crippen molar-refractivity contribution < 1.29 is 0 Å². The number of allylic oxidation sites excluding steroid dienone is 2. The molecule has 0 aromatic rings. The first-order chi connectivity index (χ1) is 8.26. The number of hydrogen-bond acceptors (Lipinski definition) is 0. The van der Waals surface area contributed by atoms with Crippen molar-refractivity contribution >= 4 is 38.6 Å². The molecule has 0 aliphatic rings. The van der Waals surface area contributed by atoms with Gasteiger partial charge in [-0.05, 0) is 0 Å². The van der Waals surface area contributed by atoms with Gasteiger partial charge in [-0.15, -0.1) is 0 Å². The van der Waals surface area contributed by atoms with Gasteiger partial charge in [0.05, 0.1) is 0 Å². The zero-order valence-corrected chi connectivity index (χ0v) is 16.3. The van der Waals surface area contributed by atoms with Crippen LogP contribution >= 0.6 is 0 Å². The summed E-state index contributed by atoms with van der Waals surface area (Å²) in [6, 6.07) is 0. The molecular formula is C16H33LiSn. The maximum atomic E-state index is 3.36. The summed E-state index contributed by atoms with van der Waals surface area (Å²) in [5, 5.41) is 0. The quantitative estimate of drug-likeness (QED) is 0.342. The van der Waals surface area contributed by atoms with Crippen LogP contribution in [0.15, 0.2) is 25.3 Å². The second kappa shape index (κ2) is 23.0. The third-order valence-electron chi connectivity index (χ3n) is 2.82. The number of rotatable bonds is 10. The molecule has 0 spiro atoms. The Kier molecular flexibility index (Phi) is 30.6. The van der Waals surface area contributed by atoms with Gasteiger partial charge < -0.3 is 0 Å². The minimum atomic E-state index is -0.839. The van der Waals surface area contributed by atoms with Gasteiger partial charge in [-0.25, -0.2) is 0 Å². The summed E-state index contributed by atoms with van der Waals surface area (Å²) in [4.78, 5) is 0. The molecule has 0 atom stereocenters. The van der Waals surface area contributed by atoms with Crippen LogP contribution in [-0.4, -0.2) is 38.6 Å². The van der Waals surface area contributed by atoms with Gasteiger partial charge in [0.25, 0.3) is 0 Å². The fraction of sp³-hybridized carbons (Fsp3) is 0.750. The molecule has 2 heteroatoms. The number of hydrogen-bond donors (Lipinski definition) is 0. The van der Waals surface area contributed by atoms with Crippen molar-refractivity contribution in [3.63, 3.8) is 0 Å². The molecule has 2 radical (unpaired) electrons. The van der Waals surface area contributed by atoms with Crippen LogP contribution in [-0.2, 0) is 0 Å². The van der Waals surface area contributed by atoms with Crippen LogP contribution in [0, 0.1) is 0 Å². The average Bonchev–Trinajstić information content (AvgIpc) is 2.38. The van der Waals surface area contributed by atoms with Crippen LogP contribution in [0.1, 0.15) is 59.3 Å². The van der Waals surface area contributed by atoms with Crippen LogP contribution in [0.3, 0.4) is 0 Å². The minimum Gasteiger partial charge on any atom is 0 e. The van der Waals surface area contributed by atoms with E-state index in [4.69, 9.17) is 0 Å².